The minimum atomic E-state index is -0.912. The summed E-state index contributed by atoms with van der Waals surface area (Å²) in [5, 5.41) is 8.69. The van der Waals surface area contributed by atoms with Gasteiger partial charge in [0, 0.05) is 5.92 Å². The molecule has 0 spiro atoms. The van der Waals surface area contributed by atoms with Gasteiger partial charge in [0.25, 0.3) is 0 Å². The molecular weight excluding hydrogens is 176 g/mol. The molecule has 0 aromatic heterocycles. The van der Waals surface area contributed by atoms with Crippen LogP contribution in [0, 0.1) is 0 Å². The van der Waals surface area contributed by atoms with Crippen molar-refractivity contribution in [3.05, 3.63) is 60.7 Å². The van der Waals surface area contributed by atoms with Crippen LogP contribution in [0.4, 0.5) is 0 Å². The van der Waals surface area contributed by atoms with E-state index in [0.29, 0.717) is 5.56 Å². The highest BCUT2D eigenvalue weighted by atomic mass is 16.4. The monoisotopic (exact) mass is 188 g/mol. The number of rotatable bonds is 4. The largest absolute Gasteiger partial charge is 0.478 e. The molecule has 0 atom stereocenters. The fourth-order valence-corrected chi connectivity index (χ4v) is 1.22. The Bertz CT molecular complexity index is 341. The maximum Gasteiger partial charge on any atom is 0.335 e. The summed E-state index contributed by atoms with van der Waals surface area (Å²) < 4.78 is 0. The first-order valence-electron chi connectivity index (χ1n) is 4.27. The third-order valence-electron chi connectivity index (χ3n) is 2.05. The highest BCUT2D eigenvalue weighted by molar-refractivity contribution is 5.87. The number of carbonyl (C=O) groups is 1. The molecule has 0 saturated carbocycles. The molecule has 1 aromatic rings. The number of allylic oxidation sites excluding steroid dienone is 2. The molecule has 0 bridgehead atoms. The summed E-state index contributed by atoms with van der Waals surface area (Å²) in [6, 6.07) is 6.71. The molecule has 0 saturated heterocycles. The van der Waals surface area contributed by atoms with Crippen LogP contribution in [-0.2, 0) is 0 Å². The molecule has 1 aromatic carbocycles. The Morgan fingerprint density at radius 1 is 1.21 bits per heavy atom. The second-order valence-electron chi connectivity index (χ2n) is 2.92. The lowest BCUT2D eigenvalue weighted by Gasteiger charge is -2.06. The Morgan fingerprint density at radius 2 is 1.71 bits per heavy atom. The highest BCUT2D eigenvalue weighted by Gasteiger charge is 2.05. The molecule has 1 rings (SSSR count). The Labute approximate surface area is 83.2 Å². The van der Waals surface area contributed by atoms with Gasteiger partial charge in [0.15, 0.2) is 0 Å². The topological polar surface area (TPSA) is 37.3 Å². The lowest BCUT2D eigenvalue weighted by Crippen LogP contribution is -1.97. The van der Waals surface area contributed by atoms with Gasteiger partial charge >= 0.3 is 5.97 Å². The number of aromatic carboxylic acids is 1. The number of hydrogen-bond donors (Lipinski definition) is 1. The van der Waals surface area contributed by atoms with Crippen LogP contribution in [0.5, 0.6) is 0 Å². The van der Waals surface area contributed by atoms with Crippen molar-refractivity contribution in [1.82, 2.24) is 0 Å². The van der Waals surface area contributed by atoms with E-state index in [4.69, 9.17) is 5.11 Å². The van der Waals surface area contributed by atoms with E-state index in [-0.39, 0.29) is 5.92 Å². The first kappa shape index (κ1) is 10.3. The fraction of sp³-hybridized carbons (Fsp3) is 0.0833. The molecule has 0 radical (unpaired) electrons. The summed E-state index contributed by atoms with van der Waals surface area (Å²) >= 11 is 0. The van der Waals surface area contributed by atoms with Crippen LogP contribution in [0.3, 0.4) is 0 Å². The Morgan fingerprint density at radius 3 is 2.07 bits per heavy atom. The van der Waals surface area contributed by atoms with Gasteiger partial charge in [0.1, 0.15) is 0 Å². The van der Waals surface area contributed by atoms with Gasteiger partial charge in [-0.05, 0) is 17.7 Å². The lowest BCUT2D eigenvalue weighted by molar-refractivity contribution is 0.0697. The van der Waals surface area contributed by atoms with Gasteiger partial charge in [-0.1, -0.05) is 24.3 Å². The molecule has 0 unspecified atom stereocenters. The van der Waals surface area contributed by atoms with E-state index < -0.39 is 5.97 Å². The molecule has 14 heavy (non-hydrogen) atoms. The van der Waals surface area contributed by atoms with E-state index in [0.717, 1.165) is 5.56 Å². The normalized spacial score (nSPS) is 9.79. The predicted octanol–water partition coefficient (Wildman–Crippen LogP) is 2.84. The average molecular weight is 188 g/mol. The van der Waals surface area contributed by atoms with Gasteiger partial charge in [-0.2, -0.15) is 0 Å². The first-order valence-corrected chi connectivity index (χ1v) is 4.27. The highest BCUT2D eigenvalue weighted by Crippen LogP contribution is 2.18. The summed E-state index contributed by atoms with van der Waals surface area (Å²) in [5.74, 6) is -0.830. The molecule has 0 heterocycles. The van der Waals surface area contributed by atoms with Gasteiger partial charge in [0.05, 0.1) is 5.56 Å². The quantitative estimate of drug-likeness (QED) is 0.738. The molecule has 0 fully saturated rings. The minimum absolute atomic E-state index is 0.0813. The smallest absolute Gasteiger partial charge is 0.335 e. The minimum Gasteiger partial charge on any atom is -0.478 e. The Hall–Kier alpha value is -1.83. The van der Waals surface area contributed by atoms with Crippen molar-refractivity contribution in [2.75, 3.05) is 0 Å². The molecular formula is C12H12O2. The van der Waals surface area contributed by atoms with Crippen LogP contribution in [-0.4, -0.2) is 11.1 Å². The van der Waals surface area contributed by atoms with Gasteiger partial charge in [-0.15, -0.1) is 13.2 Å². The van der Waals surface area contributed by atoms with Crippen LogP contribution >= 0.6 is 0 Å². The zero-order valence-corrected chi connectivity index (χ0v) is 7.81. The summed E-state index contributed by atoms with van der Waals surface area (Å²) in [6.07, 6.45) is 3.53. The number of benzene rings is 1. The van der Waals surface area contributed by atoms with E-state index in [1.165, 1.54) is 0 Å². The second kappa shape index (κ2) is 4.42. The molecule has 72 valence electrons. The van der Waals surface area contributed by atoms with Crippen LogP contribution in [0.2, 0.25) is 0 Å². The van der Waals surface area contributed by atoms with E-state index in [1.807, 2.05) is 0 Å². The van der Waals surface area contributed by atoms with Crippen molar-refractivity contribution in [2.45, 2.75) is 5.92 Å². The second-order valence-corrected chi connectivity index (χ2v) is 2.92. The molecule has 0 aliphatic rings. The zero-order valence-electron chi connectivity index (χ0n) is 7.81. The van der Waals surface area contributed by atoms with Gasteiger partial charge < -0.3 is 5.11 Å². The molecule has 0 aliphatic heterocycles. The maximum absolute atomic E-state index is 10.6. The summed E-state index contributed by atoms with van der Waals surface area (Å²) in [4.78, 5) is 10.6. The van der Waals surface area contributed by atoms with Crippen molar-refractivity contribution in [3.8, 4) is 0 Å². The van der Waals surface area contributed by atoms with Crippen LogP contribution in [0.25, 0.3) is 0 Å². The van der Waals surface area contributed by atoms with Crippen molar-refractivity contribution in [3.63, 3.8) is 0 Å². The predicted molar refractivity (Wildman–Crippen MR) is 56.5 cm³/mol. The SMILES string of the molecule is C=CC(C=C)c1ccc(C(=O)O)cc1. The van der Waals surface area contributed by atoms with Crippen molar-refractivity contribution < 1.29 is 9.90 Å². The van der Waals surface area contributed by atoms with Crippen LogP contribution < -0.4 is 0 Å². The van der Waals surface area contributed by atoms with Crippen LogP contribution in [0.15, 0.2) is 49.6 Å². The summed E-state index contributed by atoms with van der Waals surface area (Å²) in [5.41, 5.74) is 1.29. The van der Waals surface area contributed by atoms with E-state index in [1.54, 1.807) is 36.4 Å². The average Bonchev–Trinajstić information content (AvgIpc) is 2.20. The zero-order chi connectivity index (χ0) is 10.6. The van der Waals surface area contributed by atoms with Gasteiger partial charge in [-0.25, -0.2) is 4.79 Å². The summed E-state index contributed by atoms with van der Waals surface area (Å²) in [7, 11) is 0. The number of hydrogen-bond acceptors (Lipinski definition) is 1. The molecule has 0 amide bonds. The van der Waals surface area contributed by atoms with Crippen molar-refractivity contribution in [1.29, 1.82) is 0 Å². The standard InChI is InChI=1S/C12H12O2/c1-3-9(4-2)10-5-7-11(8-6-10)12(13)14/h3-9H,1-2H2,(H,13,14). The van der Waals surface area contributed by atoms with Crippen molar-refractivity contribution >= 4 is 5.97 Å². The van der Waals surface area contributed by atoms with Gasteiger partial charge in [-0.3, -0.25) is 0 Å². The maximum atomic E-state index is 10.6. The first-order chi connectivity index (χ1) is 6.69. The van der Waals surface area contributed by atoms with E-state index in [2.05, 4.69) is 13.2 Å². The number of carboxylic acids is 1. The molecule has 0 aliphatic carbocycles. The number of carboxylic acid groups (broad SMARTS) is 1. The van der Waals surface area contributed by atoms with E-state index in [9.17, 15) is 4.79 Å². The third kappa shape index (κ3) is 2.10. The molecule has 1 N–H and O–H groups in total. The third-order valence-corrected chi connectivity index (χ3v) is 2.05. The molecule has 2 nitrogen and oxygen atoms in total. The summed E-state index contributed by atoms with van der Waals surface area (Å²) in [6.45, 7) is 7.36. The Kier molecular flexibility index (Phi) is 3.24. The van der Waals surface area contributed by atoms with E-state index >= 15 is 0 Å². The lowest BCUT2D eigenvalue weighted by atomic mass is 9.98. The fourth-order valence-electron chi connectivity index (χ4n) is 1.22. The molecule has 2 heteroatoms. The van der Waals surface area contributed by atoms with Crippen molar-refractivity contribution in [2.24, 2.45) is 0 Å². The Balaban J connectivity index is 2.98. The van der Waals surface area contributed by atoms with Crippen LogP contribution in [0.1, 0.15) is 21.8 Å². The van der Waals surface area contributed by atoms with Gasteiger partial charge in [0.2, 0.25) is 0 Å².